The van der Waals surface area contributed by atoms with Crippen LogP contribution in [-0.4, -0.2) is 56.0 Å². The van der Waals surface area contributed by atoms with Crippen LogP contribution in [0.3, 0.4) is 0 Å². The van der Waals surface area contributed by atoms with Gasteiger partial charge in [0, 0.05) is 32.7 Å². The highest BCUT2D eigenvalue weighted by Crippen LogP contribution is 2.27. The lowest BCUT2D eigenvalue weighted by Gasteiger charge is -2.33. The zero-order valence-electron chi connectivity index (χ0n) is 16.5. The van der Waals surface area contributed by atoms with Crippen LogP contribution < -0.4 is 9.47 Å². The summed E-state index contributed by atoms with van der Waals surface area (Å²) in [5.74, 6) is 1.51. The second-order valence-electron chi connectivity index (χ2n) is 6.80. The first-order chi connectivity index (χ1) is 13.2. The Kier molecular flexibility index (Phi) is 6.71. The van der Waals surface area contributed by atoms with E-state index in [9.17, 15) is 0 Å². The Labute approximate surface area is 162 Å². The number of hydrazone groups is 1. The minimum atomic E-state index is 0.622. The molecule has 0 spiro atoms. The maximum absolute atomic E-state index is 5.56. The zero-order valence-corrected chi connectivity index (χ0v) is 16.5. The van der Waals surface area contributed by atoms with Gasteiger partial charge in [-0.1, -0.05) is 29.8 Å². The topological polar surface area (TPSA) is 37.3 Å². The molecule has 0 bridgehead atoms. The van der Waals surface area contributed by atoms with Gasteiger partial charge in [-0.3, -0.25) is 9.91 Å². The van der Waals surface area contributed by atoms with Crippen LogP contribution in [0.1, 0.15) is 23.6 Å². The van der Waals surface area contributed by atoms with Gasteiger partial charge < -0.3 is 9.47 Å². The predicted molar refractivity (Wildman–Crippen MR) is 110 cm³/mol. The molecule has 1 fully saturated rings. The van der Waals surface area contributed by atoms with E-state index in [-0.39, 0.29) is 0 Å². The quantitative estimate of drug-likeness (QED) is 0.702. The van der Waals surface area contributed by atoms with Crippen molar-refractivity contribution in [2.75, 3.05) is 39.9 Å². The number of ether oxygens (including phenoxy) is 2. The molecule has 3 rings (SSSR count). The molecule has 1 heterocycles. The lowest BCUT2D eigenvalue weighted by molar-refractivity contribution is 0.131. The lowest BCUT2D eigenvalue weighted by Crippen LogP contribution is -2.43. The van der Waals surface area contributed by atoms with Gasteiger partial charge in [0.25, 0.3) is 0 Å². The van der Waals surface area contributed by atoms with Crippen LogP contribution >= 0.6 is 0 Å². The Hall–Kier alpha value is -2.53. The van der Waals surface area contributed by atoms with E-state index in [2.05, 4.69) is 46.2 Å². The molecule has 0 N–H and O–H groups in total. The summed E-state index contributed by atoms with van der Waals surface area (Å²) in [6.45, 7) is 9.65. The largest absolute Gasteiger partial charge is 0.493 e. The van der Waals surface area contributed by atoms with Crippen LogP contribution in [0.15, 0.2) is 47.6 Å². The minimum Gasteiger partial charge on any atom is -0.493 e. The van der Waals surface area contributed by atoms with Crippen LogP contribution in [0.5, 0.6) is 11.5 Å². The maximum atomic E-state index is 5.56. The molecule has 2 aromatic rings. The fraction of sp³-hybridized carbons (Fsp3) is 0.409. The van der Waals surface area contributed by atoms with Crippen LogP contribution in [-0.2, 0) is 6.54 Å². The number of benzene rings is 2. The number of methoxy groups -OCH3 is 1. The van der Waals surface area contributed by atoms with Gasteiger partial charge in [0.15, 0.2) is 11.5 Å². The van der Waals surface area contributed by atoms with E-state index in [0.29, 0.717) is 6.61 Å². The van der Waals surface area contributed by atoms with Crippen molar-refractivity contribution >= 4 is 6.21 Å². The van der Waals surface area contributed by atoms with E-state index in [0.717, 1.165) is 49.8 Å². The van der Waals surface area contributed by atoms with Gasteiger partial charge in [0.1, 0.15) is 0 Å². The van der Waals surface area contributed by atoms with Crippen molar-refractivity contribution in [3.63, 3.8) is 0 Å². The third-order valence-electron chi connectivity index (χ3n) is 4.73. The number of aryl methyl sites for hydroxylation is 1. The third-order valence-corrected chi connectivity index (χ3v) is 4.73. The number of hydrogen-bond donors (Lipinski definition) is 0. The van der Waals surface area contributed by atoms with Crippen molar-refractivity contribution in [1.82, 2.24) is 9.91 Å². The minimum absolute atomic E-state index is 0.622. The summed E-state index contributed by atoms with van der Waals surface area (Å²) in [6, 6.07) is 14.7. The lowest BCUT2D eigenvalue weighted by atomic mass is 10.1. The van der Waals surface area contributed by atoms with Gasteiger partial charge in [-0.15, -0.1) is 0 Å². The Morgan fingerprint density at radius 3 is 2.41 bits per heavy atom. The highest BCUT2D eigenvalue weighted by atomic mass is 16.5. The van der Waals surface area contributed by atoms with Crippen LogP contribution in [0, 0.1) is 6.92 Å². The van der Waals surface area contributed by atoms with E-state index in [1.54, 1.807) is 7.11 Å². The van der Waals surface area contributed by atoms with Gasteiger partial charge in [0.2, 0.25) is 0 Å². The fourth-order valence-electron chi connectivity index (χ4n) is 3.15. The first kappa shape index (κ1) is 19.2. The molecule has 5 nitrogen and oxygen atoms in total. The molecule has 0 aromatic heterocycles. The number of hydrogen-bond acceptors (Lipinski definition) is 5. The first-order valence-electron chi connectivity index (χ1n) is 9.55. The van der Waals surface area contributed by atoms with Crippen molar-refractivity contribution in [1.29, 1.82) is 0 Å². The molecular formula is C22H29N3O2. The molecule has 0 aliphatic carbocycles. The molecule has 0 radical (unpaired) electrons. The maximum Gasteiger partial charge on any atom is 0.161 e. The molecule has 1 aliphatic heterocycles. The van der Waals surface area contributed by atoms with Crippen molar-refractivity contribution in [2.45, 2.75) is 20.4 Å². The van der Waals surface area contributed by atoms with E-state index in [1.807, 2.05) is 31.3 Å². The highest BCUT2D eigenvalue weighted by Gasteiger charge is 2.15. The molecular weight excluding hydrogens is 338 g/mol. The monoisotopic (exact) mass is 367 g/mol. The molecule has 27 heavy (non-hydrogen) atoms. The van der Waals surface area contributed by atoms with Gasteiger partial charge in [0.05, 0.1) is 19.9 Å². The van der Waals surface area contributed by atoms with E-state index in [4.69, 9.17) is 9.47 Å². The number of nitrogens with zero attached hydrogens (tertiary/aromatic N) is 3. The Bertz CT molecular complexity index is 751. The Morgan fingerprint density at radius 2 is 1.74 bits per heavy atom. The van der Waals surface area contributed by atoms with Gasteiger partial charge >= 0.3 is 0 Å². The molecule has 0 amide bonds. The zero-order chi connectivity index (χ0) is 19.1. The molecule has 5 heteroatoms. The molecule has 0 saturated carbocycles. The summed E-state index contributed by atoms with van der Waals surface area (Å²) in [7, 11) is 1.66. The van der Waals surface area contributed by atoms with Gasteiger partial charge in [-0.05, 0) is 43.2 Å². The van der Waals surface area contributed by atoms with Crippen molar-refractivity contribution < 1.29 is 9.47 Å². The smallest absolute Gasteiger partial charge is 0.161 e. The Balaban J connectivity index is 1.52. The van der Waals surface area contributed by atoms with Gasteiger partial charge in [-0.25, -0.2) is 0 Å². The molecule has 0 atom stereocenters. The summed E-state index contributed by atoms with van der Waals surface area (Å²) in [5, 5.41) is 6.78. The van der Waals surface area contributed by atoms with Crippen LogP contribution in [0.4, 0.5) is 0 Å². The standard InChI is InChI=1S/C22H29N3O2/c1-4-27-21-10-9-20(15-22(21)26-3)16-23-25-13-11-24(12-14-25)17-19-7-5-18(2)6-8-19/h5-10,15-16H,4,11-14,17H2,1-3H3. The second-order valence-corrected chi connectivity index (χ2v) is 6.80. The summed E-state index contributed by atoms with van der Waals surface area (Å²) in [5.41, 5.74) is 3.69. The Morgan fingerprint density at radius 1 is 1.00 bits per heavy atom. The number of piperazine rings is 1. The van der Waals surface area contributed by atoms with Gasteiger partial charge in [-0.2, -0.15) is 5.10 Å². The summed E-state index contributed by atoms with van der Waals surface area (Å²) < 4.78 is 11.0. The van der Waals surface area contributed by atoms with Crippen molar-refractivity contribution in [2.24, 2.45) is 5.10 Å². The molecule has 1 aliphatic rings. The number of rotatable bonds is 7. The predicted octanol–water partition coefficient (Wildman–Crippen LogP) is 3.55. The molecule has 144 valence electrons. The van der Waals surface area contributed by atoms with Crippen LogP contribution in [0.25, 0.3) is 0 Å². The summed E-state index contributed by atoms with van der Waals surface area (Å²) >= 11 is 0. The fourth-order valence-corrected chi connectivity index (χ4v) is 3.15. The third kappa shape index (κ3) is 5.47. The average Bonchev–Trinajstić information content (AvgIpc) is 2.70. The first-order valence-corrected chi connectivity index (χ1v) is 9.55. The molecule has 1 saturated heterocycles. The van der Waals surface area contributed by atoms with E-state index < -0.39 is 0 Å². The van der Waals surface area contributed by atoms with Crippen LogP contribution in [0.2, 0.25) is 0 Å². The van der Waals surface area contributed by atoms with Crippen molar-refractivity contribution in [3.8, 4) is 11.5 Å². The highest BCUT2D eigenvalue weighted by molar-refractivity contribution is 5.80. The molecule has 2 aromatic carbocycles. The van der Waals surface area contributed by atoms with E-state index in [1.165, 1.54) is 11.1 Å². The average molecular weight is 367 g/mol. The van der Waals surface area contributed by atoms with E-state index >= 15 is 0 Å². The summed E-state index contributed by atoms with van der Waals surface area (Å²) in [4.78, 5) is 2.48. The molecule has 0 unspecified atom stereocenters. The summed E-state index contributed by atoms with van der Waals surface area (Å²) in [6.07, 6.45) is 1.90. The van der Waals surface area contributed by atoms with Crippen molar-refractivity contribution in [3.05, 3.63) is 59.2 Å². The normalized spacial score (nSPS) is 15.3. The second kappa shape index (κ2) is 9.42. The SMILES string of the molecule is CCOc1ccc(C=NN2CCN(Cc3ccc(C)cc3)CC2)cc1OC.